The SMILES string of the molecule is O=C(O)C1CCN(S(=O)(=O)N2CCC(O)C2)CC1. The van der Waals surface area contributed by atoms with Crippen LogP contribution in [-0.4, -0.2) is 65.5 Å². The molecule has 1 atom stereocenters. The molecule has 2 heterocycles. The third-order valence-electron chi connectivity index (χ3n) is 3.58. The van der Waals surface area contributed by atoms with Gasteiger partial charge in [0.1, 0.15) is 0 Å². The molecule has 0 saturated carbocycles. The van der Waals surface area contributed by atoms with E-state index in [9.17, 15) is 18.3 Å². The molecular formula is C10H18N2O5S. The molecule has 0 aromatic carbocycles. The lowest BCUT2D eigenvalue weighted by Crippen LogP contribution is -2.47. The van der Waals surface area contributed by atoms with E-state index in [1.54, 1.807) is 0 Å². The smallest absolute Gasteiger partial charge is 0.306 e. The zero-order chi connectivity index (χ0) is 13.3. The highest BCUT2D eigenvalue weighted by atomic mass is 32.2. The van der Waals surface area contributed by atoms with Crippen molar-refractivity contribution in [3.05, 3.63) is 0 Å². The number of carboxylic acids is 1. The Morgan fingerprint density at radius 2 is 1.61 bits per heavy atom. The Kier molecular flexibility index (Phi) is 3.90. The average molecular weight is 278 g/mol. The van der Waals surface area contributed by atoms with Gasteiger partial charge in [-0.2, -0.15) is 17.0 Å². The van der Waals surface area contributed by atoms with Crippen LogP contribution in [0.5, 0.6) is 0 Å². The topological polar surface area (TPSA) is 98.2 Å². The second-order valence-electron chi connectivity index (χ2n) is 4.82. The van der Waals surface area contributed by atoms with Crippen molar-refractivity contribution in [3.63, 3.8) is 0 Å². The van der Waals surface area contributed by atoms with E-state index in [0.717, 1.165) is 0 Å². The molecule has 2 saturated heterocycles. The first kappa shape index (κ1) is 13.7. The van der Waals surface area contributed by atoms with E-state index in [1.807, 2.05) is 0 Å². The van der Waals surface area contributed by atoms with Gasteiger partial charge in [0.2, 0.25) is 0 Å². The second-order valence-corrected chi connectivity index (χ2v) is 6.75. The highest BCUT2D eigenvalue weighted by molar-refractivity contribution is 7.86. The van der Waals surface area contributed by atoms with Gasteiger partial charge in [0.15, 0.2) is 0 Å². The van der Waals surface area contributed by atoms with Crippen LogP contribution in [0.3, 0.4) is 0 Å². The lowest BCUT2D eigenvalue weighted by atomic mass is 9.99. The van der Waals surface area contributed by atoms with Crippen LogP contribution in [0.2, 0.25) is 0 Å². The summed E-state index contributed by atoms with van der Waals surface area (Å²) in [5.41, 5.74) is 0. The van der Waals surface area contributed by atoms with Gasteiger partial charge in [-0.25, -0.2) is 0 Å². The van der Waals surface area contributed by atoms with Gasteiger partial charge >= 0.3 is 5.97 Å². The van der Waals surface area contributed by atoms with Crippen molar-refractivity contribution in [2.24, 2.45) is 5.92 Å². The van der Waals surface area contributed by atoms with Gasteiger partial charge in [0, 0.05) is 26.2 Å². The molecule has 2 aliphatic heterocycles. The largest absolute Gasteiger partial charge is 0.481 e. The Hall–Kier alpha value is -0.700. The molecule has 1 unspecified atom stereocenters. The van der Waals surface area contributed by atoms with Gasteiger partial charge in [-0.1, -0.05) is 0 Å². The first-order valence-electron chi connectivity index (χ1n) is 6.07. The lowest BCUT2D eigenvalue weighted by Gasteiger charge is -2.32. The summed E-state index contributed by atoms with van der Waals surface area (Å²) in [6.07, 6.45) is 0.581. The number of nitrogens with zero attached hydrogens (tertiary/aromatic N) is 2. The van der Waals surface area contributed by atoms with Gasteiger partial charge < -0.3 is 10.2 Å². The average Bonchev–Trinajstić information content (AvgIpc) is 2.76. The molecule has 2 aliphatic rings. The Morgan fingerprint density at radius 3 is 2.06 bits per heavy atom. The summed E-state index contributed by atoms with van der Waals surface area (Å²) in [5.74, 6) is -1.30. The fraction of sp³-hybridized carbons (Fsp3) is 0.900. The number of carbonyl (C=O) groups is 1. The predicted octanol–water partition coefficient (Wildman–Crippen LogP) is -0.906. The summed E-state index contributed by atoms with van der Waals surface area (Å²) in [6, 6.07) is 0. The first-order chi connectivity index (χ1) is 8.41. The van der Waals surface area contributed by atoms with Gasteiger partial charge in [-0.05, 0) is 19.3 Å². The maximum Gasteiger partial charge on any atom is 0.306 e. The fourth-order valence-electron chi connectivity index (χ4n) is 2.42. The van der Waals surface area contributed by atoms with E-state index in [0.29, 0.717) is 25.8 Å². The van der Waals surface area contributed by atoms with E-state index < -0.39 is 28.2 Å². The quantitative estimate of drug-likeness (QED) is 0.697. The number of hydrogen-bond acceptors (Lipinski definition) is 4. The van der Waals surface area contributed by atoms with Crippen LogP contribution in [0.4, 0.5) is 0 Å². The highest BCUT2D eigenvalue weighted by Gasteiger charge is 2.37. The molecule has 8 heteroatoms. The van der Waals surface area contributed by atoms with Crippen molar-refractivity contribution in [1.29, 1.82) is 0 Å². The lowest BCUT2D eigenvalue weighted by molar-refractivity contribution is -0.142. The predicted molar refractivity (Wildman–Crippen MR) is 63.0 cm³/mol. The zero-order valence-corrected chi connectivity index (χ0v) is 10.8. The van der Waals surface area contributed by atoms with Crippen LogP contribution in [0.1, 0.15) is 19.3 Å². The molecule has 0 aromatic rings. The summed E-state index contributed by atoms with van der Waals surface area (Å²) in [6.45, 7) is 0.960. The number of β-amino-alcohol motifs (C(OH)–C–C–N with tert-alkyl or cyclic N) is 1. The maximum absolute atomic E-state index is 12.2. The number of aliphatic hydroxyl groups is 1. The Morgan fingerprint density at radius 1 is 1.06 bits per heavy atom. The molecule has 0 bridgehead atoms. The molecule has 0 radical (unpaired) electrons. The monoisotopic (exact) mass is 278 g/mol. The van der Waals surface area contributed by atoms with Crippen molar-refractivity contribution < 1.29 is 23.4 Å². The molecule has 2 rings (SSSR count). The number of rotatable bonds is 3. The van der Waals surface area contributed by atoms with Gasteiger partial charge in [0.05, 0.1) is 12.0 Å². The van der Waals surface area contributed by atoms with E-state index in [1.165, 1.54) is 8.61 Å². The van der Waals surface area contributed by atoms with Crippen LogP contribution in [-0.2, 0) is 15.0 Å². The second kappa shape index (κ2) is 5.12. The zero-order valence-electron chi connectivity index (χ0n) is 10.0. The highest BCUT2D eigenvalue weighted by Crippen LogP contribution is 2.23. The molecule has 0 aromatic heterocycles. The van der Waals surface area contributed by atoms with Crippen molar-refractivity contribution in [3.8, 4) is 0 Å². The molecule has 7 nitrogen and oxygen atoms in total. The van der Waals surface area contributed by atoms with E-state index >= 15 is 0 Å². The molecule has 18 heavy (non-hydrogen) atoms. The van der Waals surface area contributed by atoms with Crippen LogP contribution in [0, 0.1) is 5.92 Å². The van der Waals surface area contributed by atoms with Crippen LogP contribution < -0.4 is 0 Å². The van der Waals surface area contributed by atoms with Crippen LogP contribution in [0.15, 0.2) is 0 Å². The number of aliphatic carboxylic acids is 1. The van der Waals surface area contributed by atoms with E-state index in [2.05, 4.69) is 0 Å². The molecule has 0 spiro atoms. The summed E-state index contributed by atoms with van der Waals surface area (Å²) < 4.78 is 27.0. The molecule has 104 valence electrons. The van der Waals surface area contributed by atoms with Crippen LogP contribution in [0.25, 0.3) is 0 Å². The minimum Gasteiger partial charge on any atom is -0.481 e. The van der Waals surface area contributed by atoms with Gasteiger partial charge in [-0.15, -0.1) is 0 Å². The maximum atomic E-state index is 12.2. The molecular weight excluding hydrogens is 260 g/mol. The Labute approximate surface area is 106 Å². The summed E-state index contributed by atoms with van der Waals surface area (Å²) in [7, 11) is -3.53. The number of piperidine rings is 1. The van der Waals surface area contributed by atoms with Crippen molar-refractivity contribution in [2.45, 2.75) is 25.4 Å². The molecule has 2 N–H and O–H groups in total. The molecule has 2 fully saturated rings. The number of aliphatic hydroxyl groups excluding tert-OH is 1. The standard InChI is InChI=1S/C10H18N2O5S/c13-9-3-6-12(7-9)18(16,17)11-4-1-8(2-5-11)10(14)15/h8-9,13H,1-7H2,(H,14,15). The number of carboxylic acid groups (broad SMARTS) is 1. The summed E-state index contributed by atoms with van der Waals surface area (Å²) >= 11 is 0. The van der Waals surface area contributed by atoms with Crippen molar-refractivity contribution in [1.82, 2.24) is 8.61 Å². The fourth-order valence-corrected chi connectivity index (χ4v) is 4.11. The Balaban J connectivity index is 1.98. The summed E-state index contributed by atoms with van der Waals surface area (Å²) in [5, 5.41) is 18.2. The van der Waals surface area contributed by atoms with Gasteiger partial charge in [0.25, 0.3) is 10.2 Å². The van der Waals surface area contributed by atoms with E-state index in [-0.39, 0.29) is 19.6 Å². The van der Waals surface area contributed by atoms with Crippen molar-refractivity contribution in [2.75, 3.05) is 26.2 Å². The first-order valence-corrected chi connectivity index (χ1v) is 7.47. The van der Waals surface area contributed by atoms with Crippen LogP contribution >= 0.6 is 0 Å². The van der Waals surface area contributed by atoms with E-state index in [4.69, 9.17) is 5.11 Å². The Bertz CT molecular complexity index is 416. The third kappa shape index (κ3) is 2.66. The number of hydrogen-bond donors (Lipinski definition) is 2. The molecule has 0 amide bonds. The minimum absolute atomic E-state index is 0.140. The normalized spacial score (nSPS) is 28.6. The van der Waals surface area contributed by atoms with Gasteiger partial charge in [-0.3, -0.25) is 4.79 Å². The van der Waals surface area contributed by atoms with Crippen molar-refractivity contribution >= 4 is 16.2 Å². The summed E-state index contributed by atoms with van der Waals surface area (Å²) in [4.78, 5) is 10.8. The minimum atomic E-state index is -3.53. The molecule has 0 aliphatic carbocycles. The third-order valence-corrected chi connectivity index (χ3v) is 5.58.